The molecule has 1 saturated heterocycles. The number of fused-ring (bicyclic) bond motifs is 1. The maximum absolute atomic E-state index is 12.7. The average molecular weight is 457 g/mol. The molecular weight excluding hydrogens is 424 g/mol. The van der Waals surface area contributed by atoms with Gasteiger partial charge in [0.2, 0.25) is 16.0 Å². The molecule has 1 amide bonds. The first-order chi connectivity index (χ1) is 15.2. The fourth-order valence-electron chi connectivity index (χ4n) is 3.64. The van der Waals surface area contributed by atoms with Crippen LogP contribution in [0.2, 0.25) is 0 Å². The molecule has 0 atom stereocenters. The molecule has 172 valence electrons. The minimum absolute atomic E-state index is 0.0911. The maximum atomic E-state index is 12.7. The van der Waals surface area contributed by atoms with Crippen molar-refractivity contribution in [2.75, 3.05) is 50.1 Å². The van der Waals surface area contributed by atoms with E-state index in [1.807, 2.05) is 21.4 Å². The molecule has 0 bridgehead atoms. The van der Waals surface area contributed by atoms with Gasteiger partial charge in [0.15, 0.2) is 5.82 Å². The lowest BCUT2D eigenvalue weighted by Crippen LogP contribution is -2.45. The molecule has 8 nitrogen and oxygen atoms in total. The van der Waals surface area contributed by atoms with Crippen LogP contribution in [-0.4, -0.2) is 70.8 Å². The number of carbonyl (C=O) groups is 1. The lowest BCUT2D eigenvalue weighted by molar-refractivity contribution is -0.133. The minimum atomic E-state index is -0.157. The van der Waals surface area contributed by atoms with E-state index >= 15 is 0 Å². The van der Waals surface area contributed by atoms with Crippen molar-refractivity contribution in [1.82, 2.24) is 19.5 Å². The number of hydrogen-bond donors (Lipinski definition) is 1. The van der Waals surface area contributed by atoms with Gasteiger partial charge in [0.1, 0.15) is 5.69 Å². The van der Waals surface area contributed by atoms with E-state index in [9.17, 15) is 4.79 Å². The van der Waals surface area contributed by atoms with E-state index in [1.54, 1.807) is 0 Å². The number of likely N-dealkylation sites (N-methyl/N-ethyl adjacent to an activating group) is 1. The standard InChI is InChI=1S/C23H32N6O2S/c1-6-16-7-9-17(10-8-16)19-20(25-23(2,3)4)29-21(24-19)32-22(26-29)27(5)15-18(30)28-11-13-31-14-12-28/h7-10,25H,6,11-15H2,1-5H3. The number of ether oxygens (including phenoxy) is 1. The Morgan fingerprint density at radius 2 is 1.91 bits per heavy atom. The summed E-state index contributed by atoms with van der Waals surface area (Å²) in [4.78, 5) is 22.1. The Labute approximate surface area is 193 Å². The molecule has 4 rings (SSSR count). The number of hydrogen-bond acceptors (Lipinski definition) is 7. The molecule has 32 heavy (non-hydrogen) atoms. The van der Waals surface area contributed by atoms with E-state index in [-0.39, 0.29) is 18.0 Å². The van der Waals surface area contributed by atoms with Crippen molar-refractivity contribution in [1.29, 1.82) is 0 Å². The topological polar surface area (TPSA) is 75.0 Å². The number of amides is 1. The lowest BCUT2D eigenvalue weighted by Gasteiger charge is -2.28. The Hall–Kier alpha value is -2.65. The summed E-state index contributed by atoms with van der Waals surface area (Å²) in [6, 6.07) is 8.53. The number of imidazole rings is 1. The molecule has 0 spiro atoms. The molecule has 0 radical (unpaired) electrons. The first-order valence-corrected chi connectivity index (χ1v) is 11.9. The van der Waals surface area contributed by atoms with Gasteiger partial charge < -0.3 is 19.9 Å². The largest absolute Gasteiger partial charge is 0.378 e. The number of nitrogens with zero attached hydrogens (tertiary/aromatic N) is 5. The second kappa shape index (κ2) is 9.07. The van der Waals surface area contributed by atoms with E-state index < -0.39 is 0 Å². The van der Waals surface area contributed by atoms with Crippen molar-refractivity contribution >= 4 is 33.2 Å². The monoisotopic (exact) mass is 456 g/mol. The maximum Gasteiger partial charge on any atom is 0.242 e. The van der Waals surface area contributed by atoms with Gasteiger partial charge in [0.25, 0.3) is 0 Å². The predicted octanol–water partition coefficient (Wildman–Crippen LogP) is 3.53. The van der Waals surface area contributed by atoms with Crippen LogP contribution in [0.4, 0.5) is 10.9 Å². The minimum Gasteiger partial charge on any atom is -0.378 e. The molecule has 2 aromatic heterocycles. The third-order valence-electron chi connectivity index (χ3n) is 5.38. The summed E-state index contributed by atoms with van der Waals surface area (Å²) in [5.41, 5.74) is 3.09. The van der Waals surface area contributed by atoms with Crippen LogP contribution in [0.5, 0.6) is 0 Å². The predicted molar refractivity (Wildman–Crippen MR) is 130 cm³/mol. The van der Waals surface area contributed by atoms with Gasteiger partial charge in [-0.25, -0.2) is 4.98 Å². The van der Waals surface area contributed by atoms with E-state index in [2.05, 4.69) is 57.3 Å². The number of anilines is 2. The molecular formula is C23H32N6O2S. The van der Waals surface area contributed by atoms with Crippen LogP contribution in [0.3, 0.4) is 0 Å². The van der Waals surface area contributed by atoms with E-state index in [0.29, 0.717) is 26.3 Å². The second-order valence-corrected chi connectivity index (χ2v) is 10.1. The highest BCUT2D eigenvalue weighted by Crippen LogP contribution is 2.34. The zero-order valence-corrected chi connectivity index (χ0v) is 20.3. The molecule has 1 aliphatic heterocycles. The molecule has 0 saturated carbocycles. The fraction of sp³-hybridized carbons (Fsp3) is 0.522. The number of rotatable bonds is 6. The molecule has 1 aromatic carbocycles. The van der Waals surface area contributed by atoms with Crippen LogP contribution in [0.15, 0.2) is 24.3 Å². The van der Waals surface area contributed by atoms with Gasteiger partial charge >= 0.3 is 0 Å². The normalized spacial score (nSPS) is 14.7. The Balaban J connectivity index is 1.63. The molecule has 0 aliphatic carbocycles. The first kappa shape index (κ1) is 22.5. The number of morpholine rings is 1. The molecule has 0 unspecified atom stereocenters. The summed E-state index contributed by atoms with van der Waals surface area (Å²) in [5, 5.41) is 9.16. The lowest BCUT2D eigenvalue weighted by atomic mass is 10.1. The number of benzene rings is 1. The summed E-state index contributed by atoms with van der Waals surface area (Å²) >= 11 is 1.49. The van der Waals surface area contributed by atoms with Crippen LogP contribution in [0.1, 0.15) is 33.3 Å². The fourth-order valence-corrected chi connectivity index (χ4v) is 4.50. The van der Waals surface area contributed by atoms with Gasteiger partial charge in [-0.1, -0.05) is 42.5 Å². The Morgan fingerprint density at radius 1 is 1.22 bits per heavy atom. The van der Waals surface area contributed by atoms with E-state index in [1.165, 1.54) is 16.9 Å². The second-order valence-electron chi connectivity index (χ2n) is 9.16. The van der Waals surface area contributed by atoms with Crippen LogP contribution in [0.25, 0.3) is 16.2 Å². The highest BCUT2D eigenvalue weighted by molar-refractivity contribution is 7.20. The number of aryl methyl sites for hydroxylation is 1. The van der Waals surface area contributed by atoms with Crippen molar-refractivity contribution in [3.8, 4) is 11.3 Å². The van der Waals surface area contributed by atoms with E-state index in [0.717, 1.165) is 33.6 Å². The Kier molecular flexibility index (Phi) is 6.39. The molecule has 1 aliphatic rings. The smallest absolute Gasteiger partial charge is 0.242 e. The van der Waals surface area contributed by atoms with Crippen LogP contribution >= 0.6 is 11.3 Å². The van der Waals surface area contributed by atoms with Crippen molar-refractivity contribution in [2.45, 2.75) is 39.7 Å². The third-order valence-corrected chi connectivity index (χ3v) is 6.41. The SMILES string of the molecule is CCc1ccc(-c2nc3sc(N(C)CC(=O)N4CCOCC4)nn3c2NC(C)(C)C)cc1. The highest BCUT2D eigenvalue weighted by atomic mass is 32.1. The zero-order valence-electron chi connectivity index (χ0n) is 19.5. The van der Waals surface area contributed by atoms with Gasteiger partial charge in [-0.2, -0.15) is 4.52 Å². The van der Waals surface area contributed by atoms with Gasteiger partial charge in [0.05, 0.1) is 19.8 Å². The Morgan fingerprint density at radius 3 is 2.53 bits per heavy atom. The molecule has 3 aromatic rings. The number of carbonyl (C=O) groups excluding carboxylic acids is 1. The number of nitrogens with one attached hydrogen (secondary N) is 1. The summed E-state index contributed by atoms with van der Waals surface area (Å²) in [7, 11) is 1.90. The van der Waals surface area contributed by atoms with Crippen molar-refractivity contribution in [3.05, 3.63) is 29.8 Å². The van der Waals surface area contributed by atoms with Crippen molar-refractivity contribution in [2.24, 2.45) is 0 Å². The van der Waals surface area contributed by atoms with Crippen molar-refractivity contribution in [3.63, 3.8) is 0 Å². The van der Waals surface area contributed by atoms with Crippen LogP contribution < -0.4 is 10.2 Å². The number of aromatic nitrogens is 3. The highest BCUT2D eigenvalue weighted by Gasteiger charge is 2.24. The average Bonchev–Trinajstić information content (AvgIpc) is 3.33. The van der Waals surface area contributed by atoms with Gasteiger partial charge in [-0.15, -0.1) is 5.10 Å². The molecule has 1 N–H and O–H groups in total. The molecule has 9 heteroatoms. The van der Waals surface area contributed by atoms with Gasteiger partial charge in [0, 0.05) is 31.2 Å². The summed E-state index contributed by atoms with van der Waals surface area (Å²) in [5.74, 6) is 0.959. The zero-order chi connectivity index (χ0) is 22.9. The molecule has 1 fully saturated rings. The van der Waals surface area contributed by atoms with Crippen LogP contribution in [0, 0.1) is 0 Å². The van der Waals surface area contributed by atoms with Crippen LogP contribution in [-0.2, 0) is 16.0 Å². The van der Waals surface area contributed by atoms with Gasteiger partial charge in [-0.05, 0) is 32.8 Å². The van der Waals surface area contributed by atoms with Gasteiger partial charge in [-0.3, -0.25) is 4.79 Å². The van der Waals surface area contributed by atoms with Crippen molar-refractivity contribution < 1.29 is 9.53 Å². The third kappa shape index (κ3) is 4.88. The molecule has 3 heterocycles. The Bertz CT molecular complexity index is 1080. The quantitative estimate of drug-likeness (QED) is 0.612. The first-order valence-electron chi connectivity index (χ1n) is 11.1. The van der Waals surface area contributed by atoms with E-state index in [4.69, 9.17) is 14.8 Å². The summed E-state index contributed by atoms with van der Waals surface area (Å²) < 4.78 is 7.21. The summed E-state index contributed by atoms with van der Waals surface area (Å²) in [6.07, 6.45) is 1.01. The summed E-state index contributed by atoms with van der Waals surface area (Å²) in [6.45, 7) is 11.3.